The molecule has 0 aliphatic rings. The summed E-state index contributed by atoms with van der Waals surface area (Å²) in [6.45, 7) is 6.45. The maximum Gasteiger partial charge on any atom is 0.261 e. The van der Waals surface area contributed by atoms with Gasteiger partial charge in [0.2, 0.25) is 0 Å². The average Bonchev–Trinajstić information content (AvgIpc) is 2.67. The van der Waals surface area contributed by atoms with E-state index in [9.17, 15) is 13.2 Å². The zero-order chi connectivity index (χ0) is 19.9. The monoisotopic (exact) mass is 390 g/mol. The van der Waals surface area contributed by atoms with Crippen LogP contribution < -0.4 is 14.8 Å². The van der Waals surface area contributed by atoms with Crippen LogP contribution in [0, 0.1) is 0 Å². The van der Waals surface area contributed by atoms with Crippen molar-refractivity contribution in [1.29, 1.82) is 0 Å². The number of ether oxygens (including phenoxy) is 1. The lowest BCUT2D eigenvalue weighted by Gasteiger charge is -2.15. The van der Waals surface area contributed by atoms with E-state index in [-0.39, 0.29) is 16.8 Å². The lowest BCUT2D eigenvalue weighted by Crippen LogP contribution is -2.33. The molecular weight excluding hydrogens is 364 g/mol. The Kier molecular flexibility index (Phi) is 7.24. The molecule has 146 valence electrons. The van der Waals surface area contributed by atoms with Crippen LogP contribution in [0.15, 0.2) is 53.4 Å². The van der Waals surface area contributed by atoms with E-state index in [1.807, 2.05) is 20.8 Å². The van der Waals surface area contributed by atoms with Gasteiger partial charge in [0, 0.05) is 17.3 Å². The minimum atomic E-state index is -3.74. The van der Waals surface area contributed by atoms with Crippen LogP contribution in [0.2, 0.25) is 0 Å². The molecular formula is C20H26N2O4S. The topological polar surface area (TPSA) is 84.5 Å². The first-order chi connectivity index (χ1) is 12.9. The minimum absolute atomic E-state index is 0.0930. The van der Waals surface area contributed by atoms with E-state index in [0.29, 0.717) is 23.6 Å². The molecule has 2 N–H and O–H groups in total. The minimum Gasteiger partial charge on any atom is -0.494 e. The van der Waals surface area contributed by atoms with Crippen molar-refractivity contribution >= 4 is 21.6 Å². The Morgan fingerprint density at radius 1 is 0.963 bits per heavy atom. The van der Waals surface area contributed by atoms with Crippen LogP contribution in [0.5, 0.6) is 5.75 Å². The number of benzene rings is 2. The molecule has 0 atom stereocenters. The fraction of sp³-hybridized carbons (Fsp3) is 0.350. The molecule has 0 bridgehead atoms. The third kappa shape index (κ3) is 5.72. The van der Waals surface area contributed by atoms with Crippen LogP contribution in [-0.2, 0) is 10.0 Å². The summed E-state index contributed by atoms with van der Waals surface area (Å²) in [5, 5.41) is 2.93. The van der Waals surface area contributed by atoms with E-state index in [1.165, 1.54) is 24.3 Å². The number of rotatable bonds is 9. The summed E-state index contributed by atoms with van der Waals surface area (Å²) in [4.78, 5) is 12.3. The number of hydrogen-bond acceptors (Lipinski definition) is 4. The van der Waals surface area contributed by atoms with Crippen molar-refractivity contribution in [3.63, 3.8) is 0 Å². The first-order valence-corrected chi connectivity index (χ1v) is 10.5. The van der Waals surface area contributed by atoms with E-state index in [1.54, 1.807) is 24.3 Å². The highest BCUT2D eigenvalue weighted by Crippen LogP contribution is 2.20. The highest BCUT2D eigenvalue weighted by Gasteiger charge is 2.16. The summed E-state index contributed by atoms with van der Waals surface area (Å²) >= 11 is 0. The van der Waals surface area contributed by atoms with Gasteiger partial charge in [0.15, 0.2) is 0 Å². The summed E-state index contributed by atoms with van der Waals surface area (Å²) in [6.07, 6.45) is 1.70. The van der Waals surface area contributed by atoms with Crippen LogP contribution in [0.3, 0.4) is 0 Å². The van der Waals surface area contributed by atoms with Crippen LogP contribution >= 0.6 is 0 Å². The summed E-state index contributed by atoms with van der Waals surface area (Å²) in [6, 6.07) is 12.7. The number of hydrogen-bond donors (Lipinski definition) is 2. The molecule has 6 nitrogen and oxygen atoms in total. The van der Waals surface area contributed by atoms with Gasteiger partial charge < -0.3 is 10.1 Å². The van der Waals surface area contributed by atoms with Crippen molar-refractivity contribution in [2.75, 3.05) is 11.3 Å². The Morgan fingerprint density at radius 2 is 1.56 bits per heavy atom. The van der Waals surface area contributed by atoms with Crippen LogP contribution in [0.1, 0.15) is 44.0 Å². The molecule has 0 unspecified atom stereocenters. The molecule has 0 fully saturated rings. The smallest absolute Gasteiger partial charge is 0.261 e. The highest BCUT2D eigenvalue weighted by atomic mass is 32.2. The maximum absolute atomic E-state index is 12.5. The lowest BCUT2D eigenvalue weighted by molar-refractivity contribution is 0.0934. The molecule has 0 spiro atoms. The molecule has 2 aromatic carbocycles. The van der Waals surface area contributed by atoms with Gasteiger partial charge in [-0.05, 0) is 68.3 Å². The van der Waals surface area contributed by atoms with Crippen molar-refractivity contribution in [2.45, 2.75) is 44.6 Å². The molecule has 0 saturated heterocycles. The van der Waals surface area contributed by atoms with Crippen LogP contribution in [0.25, 0.3) is 0 Å². The number of amides is 1. The first-order valence-electron chi connectivity index (χ1n) is 9.06. The normalized spacial score (nSPS) is 11.3. The molecule has 0 saturated carbocycles. The molecule has 27 heavy (non-hydrogen) atoms. The van der Waals surface area contributed by atoms with E-state index >= 15 is 0 Å². The molecule has 0 heterocycles. The number of nitrogens with one attached hydrogen (secondary N) is 2. The number of anilines is 1. The van der Waals surface area contributed by atoms with E-state index in [2.05, 4.69) is 10.0 Å². The second-order valence-corrected chi connectivity index (χ2v) is 7.76. The molecule has 0 aliphatic carbocycles. The summed E-state index contributed by atoms with van der Waals surface area (Å²) in [5.41, 5.74) is 0.871. The zero-order valence-corrected chi connectivity index (χ0v) is 16.7. The summed E-state index contributed by atoms with van der Waals surface area (Å²) in [5.74, 6) is 0.473. The fourth-order valence-electron chi connectivity index (χ4n) is 2.55. The largest absolute Gasteiger partial charge is 0.494 e. The Bertz CT molecular complexity index is 843. The highest BCUT2D eigenvalue weighted by molar-refractivity contribution is 7.92. The molecule has 0 aromatic heterocycles. The SMILES string of the molecule is CCOc1ccc(NS(=O)(=O)c2ccc(C(=O)NC(CC)CC)cc2)cc1. The summed E-state index contributed by atoms with van der Waals surface area (Å²) < 4.78 is 32.9. The van der Waals surface area contributed by atoms with Crippen molar-refractivity contribution in [3.8, 4) is 5.75 Å². The standard InChI is InChI=1S/C20H26N2O4S/c1-4-16(5-2)21-20(23)15-7-13-19(14-8-15)27(24,25)22-17-9-11-18(12-10-17)26-6-3/h7-14,16,22H,4-6H2,1-3H3,(H,21,23). The molecule has 1 amide bonds. The van der Waals surface area contributed by atoms with E-state index in [0.717, 1.165) is 12.8 Å². The van der Waals surface area contributed by atoms with Crippen LogP contribution in [-0.4, -0.2) is 27.0 Å². The van der Waals surface area contributed by atoms with Gasteiger partial charge in [-0.1, -0.05) is 13.8 Å². The fourth-order valence-corrected chi connectivity index (χ4v) is 3.61. The third-order valence-corrected chi connectivity index (χ3v) is 5.56. The molecule has 2 aromatic rings. The van der Waals surface area contributed by atoms with Crippen molar-refractivity contribution in [3.05, 3.63) is 54.1 Å². The molecule has 2 rings (SSSR count). The second-order valence-electron chi connectivity index (χ2n) is 6.07. The van der Waals surface area contributed by atoms with Gasteiger partial charge in [0.25, 0.3) is 15.9 Å². The Balaban J connectivity index is 2.09. The zero-order valence-electron chi connectivity index (χ0n) is 15.9. The maximum atomic E-state index is 12.5. The molecule has 7 heteroatoms. The van der Waals surface area contributed by atoms with Gasteiger partial charge in [-0.25, -0.2) is 8.42 Å². The number of sulfonamides is 1. The Hall–Kier alpha value is -2.54. The predicted octanol–water partition coefficient (Wildman–Crippen LogP) is 3.80. The third-order valence-electron chi connectivity index (χ3n) is 4.17. The van der Waals surface area contributed by atoms with Gasteiger partial charge in [0.1, 0.15) is 5.75 Å². The quantitative estimate of drug-likeness (QED) is 0.682. The van der Waals surface area contributed by atoms with E-state index in [4.69, 9.17) is 4.74 Å². The molecule has 0 aliphatic heterocycles. The van der Waals surface area contributed by atoms with Gasteiger partial charge in [0.05, 0.1) is 11.5 Å². The predicted molar refractivity (Wildman–Crippen MR) is 107 cm³/mol. The van der Waals surface area contributed by atoms with Gasteiger partial charge in [-0.2, -0.15) is 0 Å². The second kappa shape index (κ2) is 9.41. The summed E-state index contributed by atoms with van der Waals surface area (Å²) in [7, 11) is -3.74. The molecule has 0 radical (unpaired) electrons. The van der Waals surface area contributed by atoms with Crippen LogP contribution in [0.4, 0.5) is 5.69 Å². The van der Waals surface area contributed by atoms with Gasteiger partial charge in [-0.15, -0.1) is 0 Å². The van der Waals surface area contributed by atoms with Gasteiger partial charge >= 0.3 is 0 Å². The van der Waals surface area contributed by atoms with Gasteiger partial charge in [-0.3, -0.25) is 9.52 Å². The first kappa shape index (κ1) is 20.8. The van der Waals surface area contributed by atoms with Crippen molar-refractivity contribution in [1.82, 2.24) is 5.32 Å². The van der Waals surface area contributed by atoms with Crippen molar-refractivity contribution in [2.24, 2.45) is 0 Å². The number of carbonyl (C=O) groups excluding carboxylic acids is 1. The Morgan fingerprint density at radius 3 is 2.07 bits per heavy atom. The lowest BCUT2D eigenvalue weighted by atomic mass is 10.1. The van der Waals surface area contributed by atoms with Crippen molar-refractivity contribution < 1.29 is 17.9 Å². The average molecular weight is 391 g/mol. The number of carbonyl (C=O) groups is 1. The Labute approximate surface area is 161 Å². The van der Waals surface area contributed by atoms with E-state index < -0.39 is 10.0 Å².